The lowest BCUT2D eigenvalue weighted by atomic mass is 9.97. The van der Waals surface area contributed by atoms with Crippen molar-refractivity contribution >= 4 is 35.4 Å². The molecule has 1 aliphatic rings. The van der Waals surface area contributed by atoms with Crippen molar-refractivity contribution < 1.29 is 53.9 Å². The minimum Gasteiger partial charge on any atom is -0.508 e. The van der Waals surface area contributed by atoms with Crippen LogP contribution in [-0.2, 0) is 46.3 Å². The summed E-state index contributed by atoms with van der Waals surface area (Å²) >= 11 is 0. The number of benzene rings is 2. The molecular weight excluding hydrogens is 682 g/mol. The third kappa shape index (κ3) is 12.6. The van der Waals surface area contributed by atoms with E-state index >= 15 is 0 Å². The lowest BCUT2D eigenvalue weighted by molar-refractivity contribution is -0.226. The maximum atomic E-state index is 13.6. The Morgan fingerprint density at radius 1 is 0.731 bits per heavy atom. The topological polar surface area (TPSA) is 305 Å². The highest BCUT2D eigenvalue weighted by Gasteiger charge is 2.47. The number of phenolic OH excluding ortho intramolecular Hbond substituents is 1. The van der Waals surface area contributed by atoms with E-state index in [0.29, 0.717) is 11.1 Å². The summed E-state index contributed by atoms with van der Waals surface area (Å²) in [5, 5.41) is 52.2. The molecule has 18 nitrogen and oxygen atoms in total. The summed E-state index contributed by atoms with van der Waals surface area (Å²) in [6.45, 7) is 2.51. The van der Waals surface area contributed by atoms with Gasteiger partial charge < -0.3 is 63.2 Å². The maximum absolute atomic E-state index is 13.6. The standard InChI is InChI=1S/C34H47N7O11/c1-17(2)12-22(33(51)41-34-28(47)26(45)27(46)29(52-34)30(36)48)40-32(50)23(14-18-6-4-3-5-7-18)39-25(44)16-37-24(43)15-38-31(49)21(35)13-19-8-10-20(42)11-9-19/h3-11,17,21-23,26-29,34,42,45-47H,12-16,35H2,1-2H3,(H2,36,48)(H,37,43)(H,38,49)(H,39,44)(H,40,50)(H,41,51)/t21-,22-,23-,26+,27+,28-,29+,34-/m1/s1. The van der Waals surface area contributed by atoms with Crippen molar-refractivity contribution in [3.8, 4) is 5.75 Å². The Morgan fingerprint density at radius 2 is 1.35 bits per heavy atom. The SMILES string of the molecule is CC(C)C[C@@H](NC(=O)[C@@H](Cc1ccccc1)NC(=O)CNC(=O)CNC(=O)[C@H](N)Cc1ccc(O)cc1)C(=O)N[C@@H]1O[C@H](C(N)=O)[C@@H](O)[C@H](O)[C@H]1O. The van der Waals surface area contributed by atoms with Crippen LogP contribution < -0.4 is 38.1 Å². The van der Waals surface area contributed by atoms with E-state index in [9.17, 15) is 49.2 Å². The van der Waals surface area contributed by atoms with Crippen LogP contribution in [0.1, 0.15) is 31.4 Å². The van der Waals surface area contributed by atoms with Crippen LogP contribution in [0.4, 0.5) is 0 Å². The van der Waals surface area contributed by atoms with Gasteiger partial charge in [0.05, 0.1) is 19.1 Å². The fourth-order valence-electron chi connectivity index (χ4n) is 5.27. The highest BCUT2D eigenvalue weighted by Crippen LogP contribution is 2.20. The molecule has 0 spiro atoms. The molecule has 3 rings (SSSR count). The van der Waals surface area contributed by atoms with Crippen LogP contribution in [0.3, 0.4) is 0 Å². The Hall–Kier alpha value is -5.14. The molecule has 18 heteroatoms. The third-order valence-corrected chi connectivity index (χ3v) is 8.05. The van der Waals surface area contributed by atoms with Gasteiger partial charge in [-0.05, 0) is 42.0 Å². The molecule has 0 saturated carbocycles. The second kappa shape index (κ2) is 19.5. The lowest BCUT2D eigenvalue weighted by Crippen LogP contribution is -2.66. The van der Waals surface area contributed by atoms with E-state index in [1.54, 1.807) is 56.3 Å². The number of rotatable bonds is 17. The zero-order chi connectivity index (χ0) is 38.5. The zero-order valence-corrected chi connectivity index (χ0v) is 28.7. The maximum Gasteiger partial charge on any atom is 0.249 e. The van der Waals surface area contributed by atoms with Crippen molar-refractivity contribution in [3.05, 3.63) is 65.7 Å². The number of amides is 6. The van der Waals surface area contributed by atoms with Crippen molar-refractivity contribution in [2.45, 2.75) is 81.9 Å². The number of nitrogens with two attached hydrogens (primary N) is 2. The van der Waals surface area contributed by atoms with E-state index in [1.807, 2.05) is 0 Å². The molecule has 2 aromatic rings. The van der Waals surface area contributed by atoms with E-state index in [2.05, 4.69) is 26.6 Å². The van der Waals surface area contributed by atoms with Gasteiger partial charge in [0.2, 0.25) is 35.4 Å². The van der Waals surface area contributed by atoms with Crippen LogP contribution in [0.2, 0.25) is 0 Å². The van der Waals surface area contributed by atoms with Gasteiger partial charge in [-0.25, -0.2) is 0 Å². The number of aliphatic hydroxyl groups is 3. The molecule has 13 N–H and O–H groups in total. The molecule has 8 atom stereocenters. The molecule has 0 aromatic heterocycles. The van der Waals surface area contributed by atoms with E-state index in [4.69, 9.17) is 16.2 Å². The van der Waals surface area contributed by atoms with E-state index in [-0.39, 0.29) is 30.9 Å². The van der Waals surface area contributed by atoms with Gasteiger partial charge in [-0.2, -0.15) is 0 Å². The molecule has 0 aliphatic carbocycles. The third-order valence-electron chi connectivity index (χ3n) is 8.05. The van der Waals surface area contributed by atoms with Crippen LogP contribution in [-0.4, -0.2) is 118 Å². The number of carbonyl (C=O) groups excluding carboxylic acids is 6. The summed E-state index contributed by atoms with van der Waals surface area (Å²) in [6, 6.07) is 11.3. The number of hydrogen-bond acceptors (Lipinski definition) is 12. The first-order chi connectivity index (χ1) is 24.5. The van der Waals surface area contributed by atoms with Crippen LogP contribution in [0, 0.1) is 5.92 Å². The van der Waals surface area contributed by atoms with Gasteiger partial charge in [0, 0.05) is 6.42 Å². The van der Waals surface area contributed by atoms with Gasteiger partial charge in [0.25, 0.3) is 0 Å². The minimum absolute atomic E-state index is 0.00776. The molecule has 284 valence electrons. The summed E-state index contributed by atoms with van der Waals surface area (Å²) in [4.78, 5) is 76.4. The molecule has 1 heterocycles. The number of hydrogen-bond donors (Lipinski definition) is 11. The van der Waals surface area contributed by atoms with Gasteiger partial charge in [-0.15, -0.1) is 0 Å². The van der Waals surface area contributed by atoms with Crippen LogP contribution in [0.15, 0.2) is 54.6 Å². The smallest absolute Gasteiger partial charge is 0.249 e. The zero-order valence-electron chi connectivity index (χ0n) is 28.7. The predicted molar refractivity (Wildman–Crippen MR) is 183 cm³/mol. The number of nitrogens with one attached hydrogen (secondary N) is 5. The Kier molecular flexibility index (Phi) is 15.5. The largest absolute Gasteiger partial charge is 0.508 e. The molecule has 52 heavy (non-hydrogen) atoms. The van der Waals surface area contributed by atoms with E-state index < -0.39 is 97.3 Å². The number of aromatic hydroxyl groups is 1. The van der Waals surface area contributed by atoms with Gasteiger partial charge in [-0.3, -0.25) is 28.8 Å². The van der Waals surface area contributed by atoms with Gasteiger partial charge in [0.15, 0.2) is 12.3 Å². The average Bonchev–Trinajstić information content (AvgIpc) is 3.10. The van der Waals surface area contributed by atoms with Crippen molar-refractivity contribution in [2.24, 2.45) is 17.4 Å². The quantitative estimate of drug-likeness (QED) is 0.0746. The molecule has 0 radical (unpaired) electrons. The number of aliphatic hydroxyl groups excluding tert-OH is 3. The Morgan fingerprint density at radius 3 is 1.96 bits per heavy atom. The summed E-state index contributed by atoms with van der Waals surface area (Å²) in [7, 11) is 0. The first kappa shape index (κ1) is 41.3. The van der Waals surface area contributed by atoms with Crippen LogP contribution >= 0.6 is 0 Å². The van der Waals surface area contributed by atoms with Gasteiger partial charge in [0.1, 0.15) is 36.1 Å². The molecule has 0 bridgehead atoms. The van der Waals surface area contributed by atoms with Crippen LogP contribution in [0.5, 0.6) is 5.75 Å². The van der Waals surface area contributed by atoms with E-state index in [1.165, 1.54) is 12.1 Å². The number of primary amides is 1. The fraction of sp³-hybridized carbons (Fsp3) is 0.471. The Labute approximate surface area is 299 Å². The predicted octanol–water partition coefficient (Wildman–Crippen LogP) is -3.84. The number of carbonyl (C=O) groups is 6. The summed E-state index contributed by atoms with van der Waals surface area (Å²) in [6.07, 6.45) is -8.76. The molecule has 6 amide bonds. The molecule has 1 saturated heterocycles. The molecule has 2 aromatic carbocycles. The van der Waals surface area contributed by atoms with Gasteiger partial charge in [-0.1, -0.05) is 56.3 Å². The molecular formula is C34H47N7O11. The van der Waals surface area contributed by atoms with Crippen molar-refractivity contribution in [3.63, 3.8) is 0 Å². The molecule has 1 aliphatic heterocycles. The van der Waals surface area contributed by atoms with Crippen molar-refractivity contribution in [1.82, 2.24) is 26.6 Å². The van der Waals surface area contributed by atoms with Crippen molar-refractivity contribution in [1.29, 1.82) is 0 Å². The summed E-state index contributed by atoms with van der Waals surface area (Å²) in [5.41, 5.74) is 12.5. The van der Waals surface area contributed by atoms with Gasteiger partial charge >= 0.3 is 0 Å². The Balaban J connectivity index is 1.61. The normalized spacial score (nSPS) is 21.6. The highest BCUT2D eigenvalue weighted by molar-refractivity contribution is 5.94. The monoisotopic (exact) mass is 729 g/mol. The molecule has 1 fully saturated rings. The fourth-order valence-corrected chi connectivity index (χ4v) is 5.27. The summed E-state index contributed by atoms with van der Waals surface area (Å²) < 4.78 is 5.26. The van der Waals surface area contributed by atoms with Crippen LogP contribution in [0.25, 0.3) is 0 Å². The summed E-state index contributed by atoms with van der Waals surface area (Å²) in [5.74, 6) is -4.94. The highest BCUT2D eigenvalue weighted by atomic mass is 16.6. The molecule has 0 unspecified atom stereocenters. The van der Waals surface area contributed by atoms with Crippen molar-refractivity contribution in [2.75, 3.05) is 13.1 Å². The van der Waals surface area contributed by atoms with E-state index in [0.717, 1.165) is 0 Å². The first-order valence-electron chi connectivity index (χ1n) is 16.6. The second-order valence-corrected chi connectivity index (χ2v) is 12.8. The minimum atomic E-state index is -1.88. The average molecular weight is 730 g/mol. The second-order valence-electron chi connectivity index (χ2n) is 12.8. The lowest BCUT2D eigenvalue weighted by Gasteiger charge is -2.39. The Bertz CT molecular complexity index is 1540. The number of ether oxygens (including phenoxy) is 1. The first-order valence-corrected chi connectivity index (χ1v) is 16.6. The number of phenols is 1.